The van der Waals surface area contributed by atoms with E-state index in [1.54, 1.807) is 6.20 Å². The molecule has 170 valence electrons. The van der Waals surface area contributed by atoms with Crippen LogP contribution in [0.3, 0.4) is 0 Å². The number of piperazine rings is 1. The average molecular weight is 473 g/mol. The molecule has 0 unspecified atom stereocenters. The predicted molar refractivity (Wildman–Crippen MR) is 113 cm³/mol. The molecule has 31 heavy (non-hydrogen) atoms. The lowest BCUT2D eigenvalue weighted by atomic mass is 10.2. The van der Waals surface area contributed by atoms with Crippen molar-refractivity contribution < 1.29 is 26.7 Å². The van der Waals surface area contributed by atoms with Crippen LogP contribution in [0.25, 0.3) is 11.0 Å². The Labute approximate surface area is 180 Å². The molecule has 1 amide bonds. The van der Waals surface area contributed by atoms with Gasteiger partial charge in [0.1, 0.15) is 27.6 Å². The van der Waals surface area contributed by atoms with Crippen LogP contribution >= 0.6 is 0 Å². The van der Waals surface area contributed by atoms with Crippen LogP contribution in [0, 0.1) is 0 Å². The molecular formula is C17H24N6O6S2. The Morgan fingerprint density at radius 2 is 2.00 bits per heavy atom. The summed E-state index contributed by atoms with van der Waals surface area (Å²) in [7, 11) is -7.64. The largest absolute Gasteiger partial charge is 0.464 e. The summed E-state index contributed by atoms with van der Waals surface area (Å²) in [5, 5.41) is 10.4. The van der Waals surface area contributed by atoms with Crippen molar-refractivity contribution in [1.82, 2.24) is 23.6 Å². The fraction of sp³-hybridized carbons (Fsp3) is 0.588. The van der Waals surface area contributed by atoms with Crippen LogP contribution in [0.5, 0.6) is 0 Å². The summed E-state index contributed by atoms with van der Waals surface area (Å²) in [5.41, 5.74) is -0.0114. The number of aromatic nitrogens is 3. The van der Waals surface area contributed by atoms with Gasteiger partial charge in [0, 0.05) is 38.6 Å². The van der Waals surface area contributed by atoms with Gasteiger partial charge in [0.2, 0.25) is 0 Å². The van der Waals surface area contributed by atoms with Gasteiger partial charge in [0.05, 0.1) is 16.7 Å². The van der Waals surface area contributed by atoms with Crippen molar-refractivity contribution in [2.75, 3.05) is 43.1 Å². The van der Waals surface area contributed by atoms with Gasteiger partial charge in [-0.05, 0) is 25.3 Å². The summed E-state index contributed by atoms with van der Waals surface area (Å²) in [6.45, 7) is 0.431. The Bertz CT molecular complexity index is 1210. The summed E-state index contributed by atoms with van der Waals surface area (Å²) in [6, 6.07) is 1.86. The van der Waals surface area contributed by atoms with E-state index in [9.17, 15) is 26.7 Å². The van der Waals surface area contributed by atoms with Crippen LogP contribution in [-0.2, 0) is 20.0 Å². The van der Waals surface area contributed by atoms with Crippen LogP contribution in [0.4, 0.5) is 10.6 Å². The van der Waals surface area contributed by atoms with Crippen molar-refractivity contribution in [1.29, 1.82) is 0 Å². The Hall–Kier alpha value is -2.45. The van der Waals surface area contributed by atoms with Crippen molar-refractivity contribution in [2.45, 2.75) is 24.8 Å². The molecule has 2 aromatic rings. The number of sulfone groups is 1. The van der Waals surface area contributed by atoms with Gasteiger partial charge in [0.15, 0.2) is 0 Å². The molecule has 12 nitrogen and oxygen atoms in total. The van der Waals surface area contributed by atoms with Crippen LogP contribution in [0.1, 0.15) is 19.3 Å². The molecule has 1 spiro atoms. The molecule has 1 saturated carbocycles. The molecule has 2 N–H and O–H groups in total. The number of anilines is 1. The molecule has 3 heterocycles. The van der Waals surface area contributed by atoms with E-state index in [0.717, 1.165) is 11.6 Å². The fourth-order valence-electron chi connectivity index (χ4n) is 4.06. The Balaban J connectivity index is 1.55. The highest BCUT2D eigenvalue weighted by Crippen LogP contribution is 2.47. The SMILES string of the molecule is CS(=O)(=O)CCCN(C(=O)O)S(=O)(=O)N1CCN(c2ncnc3[nH]ccc23)CC12CC2. The molecule has 0 radical (unpaired) electrons. The van der Waals surface area contributed by atoms with E-state index in [4.69, 9.17) is 0 Å². The maximum Gasteiger partial charge on any atom is 0.422 e. The van der Waals surface area contributed by atoms with E-state index in [0.29, 0.717) is 41.7 Å². The highest BCUT2D eigenvalue weighted by Gasteiger charge is 2.57. The minimum absolute atomic E-state index is 0.0935. The van der Waals surface area contributed by atoms with Gasteiger partial charge in [-0.1, -0.05) is 0 Å². The third-order valence-electron chi connectivity index (χ3n) is 5.69. The minimum atomic E-state index is -4.32. The first-order valence-electron chi connectivity index (χ1n) is 9.78. The maximum atomic E-state index is 13.2. The molecule has 4 rings (SSSR count). The molecule has 1 saturated heterocycles. The highest BCUT2D eigenvalue weighted by atomic mass is 32.2. The highest BCUT2D eigenvalue weighted by molar-refractivity contribution is 7.90. The molecule has 1 aliphatic heterocycles. The van der Waals surface area contributed by atoms with E-state index in [2.05, 4.69) is 15.0 Å². The number of fused-ring (bicyclic) bond motifs is 1. The molecule has 0 aromatic carbocycles. The van der Waals surface area contributed by atoms with Gasteiger partial charge in [-0.25, -0.2) is 23.2 Å². The number of hydrogen-bond donors (Lipinski definition) is 2. The number of nitrogens with zero attached hydrogens (tertiary/aromatic N) is 5. The quantitative estimate of drug-likeness (QED) is 0.577. The van der Waals surface area contributed by atoms with Crippen molar-refractivity contribution in [2.24, 2.45) is 0 Å². The lowest BCUT2D eigenvalue weighted by Gasteiger charge is -2.43. The molecule has 0 bridgehead atoms. The van der Waals surface area contributed by atoms with Crippen LogP contribution in [0.15, 0.2) is 18.6 Å². The number of carbonyl (C=O) groups is 1. The number of nitrogens with one attached hydrogen (secondary N) is 1. The molecule has 2 aromatic heterocycles. The van der Waals surface area contributed by atoms with Crippen LogP contribution in [-0.4, -0.2) is 95.3 Å². The minimum Gasteiger partial charge on any atom is -0.464 e. The van der Waals surface area contributed by atoms with Gasteiger partial charge in [-0.3, -0.25) is 0 Å². The summed E-state index contributed by atoms with van der Waals surface area (Å²) in [4.78, 5) is 25.3. The number of rotatable bonds is 7. The standard InChI is InChI=1S/C17H24N6O6S2/c1-30(26,27)10-2-7-22(16(24)25)31(28,29)23-9-8-21(11-17(23)4-5-17)15-13-3-6-18-14(13)19-12-20-15/h3,6,12H,2,4-5,7-11H2,1H3,(H,24,25)(H,18,19,20). The summed E-state index contributed by atoms with van der Waals surface area (Å²) >= 11 is 0. The third kappa shape index (κ3) is 4.19. The van der Waals surface area contributed by atoms with Gasteiger partial charge in [-0.15, -0.1) is 0 Å². The van der Waals surface area contributed by atoms with E-state index < -0.39 is 38.2 Å². The zero-order valence-corrected chi connectivity index (χ0v) is 18.6. The summed E-state index contributed by atoms with van der Waals surface area (Å²) in [6.07, 6.45) is 3.75. The molecule has 0 atom stereocenters. The lowest BCUT2D eigenvalue weighted by molar-refractivity contribution is 0.165. The van der Waals surface area contributed by atoms with E-state index in [1.165, 1.54) is 10.6 Å². The molecule has 2 fully saturated rings. The summed E-state index contributed by atoms with van der Waals surface area (Å²) in [5.74, 6) is 0.420. The van der Waals surface area contributed by atoms with Crippen LogP contribution < -0.4 is 4.90 Å². The van der Waals surface area contributed by atoms with E-state index in [-0.39, 0.29) is 18.7 Å². The Morgan fingerprint density at radius 3 is 2.65 bits per heavy atom. The molecule has 2 aliphatic rings. The second kappa shape index (κ2) is 7.60. The smallest absolute Gasteiger partial charge is 0.422 e. The van der Waals surface area contributed by atoms with Gasteiger partial charge in [-0.2, -0.15) is 17.0 Å². The number of amides is 1. The second-order valence-corrected chi connectivity index (χ2v) is 12.0. The maximum absolute atomic E-state index is 13.2. The number of hydrogen-bond acceptors (Lipinski definition) is 8. The second-order valence-electron chi connectivity index (χ2n) is 8.00. The van der Waals surface area contributed by atoms with Crippen molar-refractivity contribution >= 4 is 43.0 Å². The summed E-state index contributed by atoms with van der Waals surface area (Å²) < 4.78 is 50.8. The van der Waals surface area contributed by atoms with Crippen molar-refractivity contribution in [3.05, 3.63) is 18.6 Å². The van der Waals surface area contributed by atoms with Gasteiger partial charge in [0.25, 0.3) is 0 Å². The Morgan fingerprint density at radius 1 is 1.26 bits per heavy atom. The number of H-pyrrole nitrogens is 1. The van der Waals surface area contributed by atoms with E-state index >= 15 is 0 Å². The van der Waals surface area contributed by atoms with Crippen molar-refractivity contribution in [3.8, 4) is 0 Å². The molecule has 1 aliphatic carbocycles. The zero-order chi connectivity index (χ0) is 22.4. The van der Waals surface area contributed by atoms with Gasteiger partial charge < -0.3 is 15.0 Å². The normalized spacial score (nSPS) is 19.1. The third-order valence-corrected chi connectivity index (χ3v) is 8.75. The molecule has 14 heteroatoms. The lowest BCUT2D eigenvalue weighted by Crippen LogP contribution is -2.61. The first kappa shape index (κ1) is 21.8. The number of aromatic amines is 1. The average Bonchev–Trinajstić information content (AvgIpc) is 3.25. The van der Waals surface area contributed by atoms with E-state index in [1.807, 2.05) is 11.0 Å². The van der Waals surface area contributed by atoms with Crippen molar-refractivity contribution in [3.63, 3.8) is 0 Å². The fourth-order valence-corrected chi connectivity index (χ4v) is 6.55. The molecular weight excluding hydrogens is 448 g/mol. The van der Waals surface area contributed by atoms with Gasteiger partial charge >= 0.3 is 16.3 Å². The predicted octanol–water partition coefficient (Wildman–Crippen LogP) is 0.272. The number of carboxylic acid groups (broad SMARTS) is 1. The Kier molecular flexibility index (Phi) is 5.34. The van der Waals surface area contributed by atoms with Crippen LogP contribution in [0.2, 0.25) is 0 Å². The monoisotopic (exact) mass is 472 g/mol. The first-order chi connectivity index (χ1) is 14.5. The topological polar surface area (TPSA) is 157 Å². The zero-order valence-electron chi connectivity index (χ0n) is 16.9. The first-order valence-corrected chi connectivity index (χ1v) is 13.2.